The third-order valence-electron chi connectivity index (χ3n) is 4.13. The quantitative estimate of drug-likeness (QED) is 0.927. The SMILES string of the molecule is Cc1nccnc1N1CCC(O)(c2ccc(Cl)cc2)CC1. The molecule has 1 aromatic heterocycles. The fourth-order valence-corrected chi connectivity index (χ4v) is 2.97. The molecular weight excluding hydrogens is 286 g/mol. The molecule has 1 aromatic carbocycles. The Morgan fingerprint density at radius 3 is 2.33 bits per heavy atom. The summed E-state index contributed by atoms with van der Waals surface area (Å²) in [4.78, 5) is 10.9. The number of aryl methyl sites for hydroxylation is 1. The molecule has 1 aliphatic heterocycles. The lowest BCUT2D eigenvalue weighted by Crippen LogP contribution is -2.43. The van der Waals surface area contributed by atoms with Crippen LogP contribution in [0.5, 0.6) is 0 Å². The Balaban J connectivity index is 1.75. The highest BCUT2D eigenvalue weighted by atomic mass is 35.5. The van der Waals surface area contributed by atoms with E-state index in [2.05, 4.69) is 14.9 Å². The number of anilines is 1. The molecular formula is C16H18ClN3O. The highest BCUT2D eigenvalue weighted by Crippen LogP contribution is 2.34. The molecule has 0 unspecified atom stereocenters. The number of hydrogen-bond donors (Lipinski definition) is 1. The largest absolute Gasteiger partial charge is 0.385 e. The number of rotatable bonds is 2. The Hall–Kier alpha value is -1.65. The molecule has 2 aromatic rings. The second-order valence-corrected chi connectivity index (χ2v) is 5.93. The molecule has 2 heterocycles. The Morgan fingerprint density at radius 1 is 1.10 bits per heavy atom. The fourth-order valence-electron chi connectivity index (χ4n) is 2.85. The first-order chi connectivity index (χ1) is 10.1. The summed E-state index contributed by atoms with van der Waals surface area (Å²) in [6.45, 7) is 3.49. The van der Waals surface area contributed by atoms with E-state index in [0.717, 1.165) is 30.2 Å². The van der Waals surface area contributed by atoms with Crippen LogP contribution in [0.3, 0.4) is 0 Å². The van der Waals surface area contributed by atoms with Gasteiger partial charge in [0, 0.05) is 30.5 Å². The van der Waals surface area contributed by atoms with E-state index < -0.39 is 5.60 Å². The molecule has 110 valence electrons. The van der Waals surface area contributed by atoms with Gasteiger partial charge in [-0.3, -0.25) is 4.98 Å². The highest BCUT2D eigenvalue weighted by molar-refractivity contribution is 6.30. The van der Waals surface area contributed by atoms with Crippen LogP contribution in [0.25, 0.3) is 0 Å². The van der Waals surface area contributed by atoms with E-state index in [1.807, 2.05) is 31.2 Å². The number of aromatic nitrogens is 2. The van der Waals surface area contributed by atoms with Gasteiger partial charge in [-0.2, -0.15) is 0 Å². The number of aliphatic hydroxyl groups is 1. The van der Waals surface area contributed by atoms with Crippen LogP contribution in [-0.4, -0.2) is 28.2 Å². The van der Waals surface area contributed by atoms with E-state index >= 15 is 0 Å². The van der Waals surface area contributed by atoms with E-state index in [0.29, 0.717) is 17.9 Å². The molecule has 0 saturated carbocycles. The summed E-state index contributed by atoms with van der Waals surface area (Å²) in [6, 6.07) is 7.47. The van der Waals surface area contributed by atoms with Crippen molar-refractivity contribution in [3.63, 3.8) is 0 Å². The second kappa shape index (κ2) is 5.62. The first-order valence-electron chi connectivity index (χ1n) is 7.09. The monoisotopic (exact) mass is 303 g/mol. The Morgan fingerprint density at radius 2 is 1.71 bits per heavy atom. The number of benzene rings is 1. The first kappa shape index (κ1) is 14.3. The van der Waals surface area contributed by atoms with Crippen LogP contribution >= 0.6 is 11.6 Å². The molecule has 1 saturated heterocycles. The molecule has 3 rings (SSSR count). The molecule has 5 heteroatoms. The van der Waals surface area contributed by atoms with Gasteiger partial charge >= 0.3 is 0 Å². The molecule has 0 bridgehead atoms. The lowest BCUT2D eigenvalue weighted by molar-refractivity contribution is 0.0116. The van der Waals surface area contributed by atoms with E-state index in [1.54, 1.807) is 12.4 Å². The van der Waals surface area contributed by atoms with Crippen molar-refractivity contribution in [1.82, 2.24) is 9.97 Å². The average Bonchev–Trinajstić information content (AvgIpc) is 2.49. The van der Waals surface area contributed by atoms with Gasteiger partial charge < -0.3 is 10.0 Å². The summed E-state index contributed by atoms with van der Waals surface area (Å²) in [5.74, 6) is 0.913. The van der Waals surface area contributed by atoms with Gasteiger partial charge in [-0.25, -0.2) is 4.98 Å². The molecule has 0 atom stereocenters. The molecule has 0 spiro atoms. The maximum Gasteiger partial charge on any atom is 0.150 e. The van der Waals surface area contributed by atoms with Crippen molar-refractivity contribution in [2.45, 2.75) is 25.4 Å². The summed E-state index contributed by atoms with van der Waals surface area (Å²) < 4.78 is 0. The molecule has 1 fully saturated rings. The lowest BCUT2D eigenvalue weighted by Gasteiger charge is -2.39. The molecule has 0 aliphatic carbocycles. The zero-order chi connectivity index (χ0) is 14.9. The van der Waals surface area contributed by atoms with Crippen molar-refractivity contribution in [2.75, 3.05) is 18.0 Å². The number of nitrogens with zero attached hydrogens (tertiary/aromatic N) is 3. The van der Waals surface area contributed by atoms with Crippen LogP contribution in [0, 0.1) is 6.92 Å². The van der Waals surface area contributed by atoms with Crippen molar-refractivity contribution in [2.24, 2.45) is 0 Å². The number of piperidine rings is 1. The molecule has 4 nitrogen and oxygen atoms in total. The van der Waals surface area contributed by atoms with Crippen molar-refractivity contribution in [1.29, 1.82) is 0 Å². The van der Waals surface area contributed by atoms with Crippen LogP contribution in [0.4, 0.5) is 5.82 Å². The minimum Gasteiger partial charge on any atom is -0.385 e. The summed E-state index contributed by atoms with van der Waals surface area (Å²) in [6.07, 6.45) is 4.75. The molecule has 0 radical (unpaired) electrons. The minimum absolute atomic E-state index is 0.671. The predicted octanol–water partition coefficient (Wildman–Crippen LogP) is 2.93. The third kappa shape index (κ3) is 2.87. The normalized spacial score (nSPS) is 17.8. The fraction of sp³-hybridized carbons (Fsp3) is 0.375. The Bertz CT molecular complexity index is 622. The van der Waals surface area contributed by atoms with Gasteiger partial charge in [-0.05, 0) is 37.5 Å². The predicted molar refractivity (Wildman–Crippen MR) is 83.6 cm³/mol. The summed E-state index contributed by atoms with van der Waals surface area (Å²) >= 11 is 5.91. The van der Waals surface area contributed by atoms with Crippen LogP contribution < -0.4 is 4.90 Å². The van der Waals surface area contributed by atoms with Crippen molar-refractivity contribution in [3.05, 3.63) is 52.9 Å². The topological polar surface area (TPSA) is 49.2 Å². The van der Waals surface area contributed by atoms with Crippen molar-refractivity contribution >= 4 is 17.4 Å². The van der Waals surface area contributed by atoms with Gasteiger partial charge in [0.1, 0.15) is 5.82 Å². The smallest absolute Gasteiger partial charge is 0.150 e. The van der Waals surface area contributed by atoms with E-state index in [-0.39, 0.29) is 0 Å². The zero-order valence-electron chi connectivity index (χ0n) is 12.0. The van der Waals surface area contributed by atoms with Crippen molar-refractivity contribution in [3.8, 4) is 0 Å². The second-order valence-electron chi connectivity index (χ2n) is 5.49. The third-order valence-corrected chi connectivity index (χ3v) is 4.38. The maximum absolute atomic E-state index is 10.9. The van der Waals surface area contributed by atoms with E-state index in [9.17, 15) is 5.11 Å². The number of hydrogen-bond acceptors (Lipinski definition) is 4. The van der Waals surface area contributed by atoms with Crippen LogP contribution in [-0.2, 0) is 5.60 Å². The maximum atomic E-state index is 10.9. The molecule has 1 N–H and O–H groups in total. The van der Waals surface area contributed by atoms with Gasteiger partial charge in [0.25, 0.3) is 0 Å². The molecule has 0 amide bonds. The van der Waals surface area contributed by atoms with Crippen LogP contribution in [0.2, 0.25) is 5.02 Å². The van der Waals surface area contributed by atoms with Crippen molar-refractivity contribution < 1.29 is 5.11 Å². The summed E-state index contributed by atoms with van der Waals surface area (Å²) in [7, 11) is 0. The van der Waals surface area contributed by atoms with Gasteiger partial charge in [-0.15, -0.1) is 0 Å². The zero-order valence-corrected chi connectivity index (χ0v) is 12.7. The first-order valence-corrected chi connectivity index (χ1v) is 7.47. The standard InChI is InChI=1S/C16H18ClN3O/c1-12-15(19-9-8-18-12)20-10-6-16(21,7-11-20)13-2-4-14(17)5-3-13/h2-5,8-9,21H,6-7,10-11H2,1H3. The summed E-state index contributed by atoms with van der Waals surface area (Å²) in [5.41, 5.74) is 1.08. The molecule has 21 heavy (non-hydrogen) atoms. The van der Waals surface area contributed by atoms with E-state index in [1.165, 1.54) is 0 Å². The Kier molecular flexibility index (Phi) is 3.83. The van der Waals surface area contributed by atoms with E-state index in [4.69, 9.17) is 11.6 Å². The lowest BCUT2D eigenvalue weighted by atomic mass is 9.84. The number of halogens is 1. The van der Waals surface area contributed by atoms with Crippen LogP contribution in [0.15, 0.2) is 36.7 Å². The van der Waals surface area contributed by atoms with Gasteiger partial charge in [0.05, 0.1) is 11.3 Å². The average molecular weight is 304 g/mol. The van der Waals surface area contributed by atoms with Gasteiger partial charge in [0.15, 0.2) is 0 Å². The van der Waals surface area contributed by atoms with Gasteiger partial charge in [0.2, 0.25) is 0 Å². The minimum atomic E-state index is -0.781. The Labute approximate surface area is 129 Å². The van der Waals surface area contributed by atoms with Crippen LogP contribution in [0.1, 0.15) is 24.1 Å². The molecule has 1 aliphatic rings. The summed E-state index contributed by atoms with van der Waals surface area (Å²) in [5, 5.41) is 11.6. The highest BCUT2D eigenvalue weighted by Gasteiger charge is 2.34. The van der Waals surface area contributed by atoms with Gasteiger partial charge in [-0.1, -0.05) is 23.7 Å².